The van der Waals surface area contributed by atoms with Crippen LogP contribution in [0.4, 0.5) is 0 Å². The van der Waals surface area contributed by atoms with E-state index in [0.717, 1.165) is 55.4 Å². The summed E-state index contributed by atoms with van der Waals surface area (Å²) in [6.07, 6.45) is 10.3. The fourth-order valence-electron chi connectivity index (χ4n) is 2.72. The Labute approximate surface area is 181 Å². The predicted molar refractivity (Wildman–Crippen MR) is 112 cm³/mol. The molecule has 1 aromatic carbocycles. The zero-order valence-electron chi connectivity index (χ0n) is 14.1. The summed E-state index contributed by atoms with van der Waals surface area (Å²) in [6.45, 7) is 7.21. The van der Waals surface area contributed by atoms with Gasteiger partial charge in [0.2, 0.25) is 4.05 Å². The molecule has 0 aliphatic heterocycles. The minimum absolute atomic E-state index is 0. The molecule has 0 heterocycles. The maximum atomic E-state index is 6.42. The number of unbranched alkanes of at least 4 members (excludes halogenated alkanes) is 2. The molecule has 0 saturated heterocycles. The molecule has 1 aromatic rings. The smallest absolute Gasteiger partial charge is 0.200 e. The average Bonchev–Trinajstić information content (AvgIpc) is 2.52. The number of hydrogen-bond donors (Lipinski definition) is 0. The van der Waals surface area contributed by atoms with Crippen LogP contribution in [0.3, 0.4) is 0 Å². The number of alkyl halides is 1. The van der Waals surface area contributed by atoms with Gasteiger partial charge in [0.15, 0.2) is 0 Å². The van der Waals surface area contributed by atoms with E-state index in [9.17, 15) is 0 Å². The molecule has 0 radical (unpaired) electrons. The maximum absolute atomic E-state index is 6.42. The van der Waals surface area contributed by atoms with Crippen LogP contribution in [-0.4, -0.2) is 21.6 Å². The Balaban J connectivity index is 0.00000529. The van der Waals surface area contributed by atoms with Crippen molar-refractivity contribution in [2.24, 2.45) is 0 Å². The molecule has 0 N–H and O–H groups in total. The van der Waals surface area contributed by atoms with Crippen LogP contribution in [0.1, 0.15) is 45.1 Å². The van der Waals surface area contributed by atoms with Gasteiger partial charge in [0.05, 0.1) is 23.1 Å². The number of benzene rings is 1. The largest absolute Gasteiger partial charge is 1.00 e. The third-order valence-electron chi connectivity index (χ3n) is 4.11. The van der Waals surface area contributed by atoms with Gasteiger partial charge in [-0.05, 0) is 30.9 Å². The Bertz CT molecular complexity index is 525. The van der Waals surface area contributed by atoms with Crippen molar-refractivity contribution in [1.82, 2.24) is 0 Å². The quantitative estimate of drug-likeness (QED) is 0.151. The lowest BCUT2D eigenvalue weighted by atomic mass is 10.1. The fraction of sp³-hybridized carbons (Fsp3) is 0.556. The number of nitrogens with zero attached hydrogens (tertiary/aromatic N) is 1. The van der Waals surface area contributed by atoms with Crippen molar-refractivity contribution in [2.45, 2.75) is 50.1 Å². The lowest BCUT2D eigenvalue weighted by Gasteiger charge is -2.41. The van der Waals surface area contributed by atoms with Crippen LogP contribution >= 0.6 is 57.4 Å². The van der Waals surface area contributed by atoms with E-state index in [1.165, 1.54) is 0 Å². The molecule has 1 rings (SSSR count). The summed E-state index contributed by atoms with van der Waals surface area (Å²) < 4.78 is 0.910. The summed E-state index contributed by atoms with van der Waals surface area (Å²) in [5.41, 5.74) is 0.946. The van der Waals surface area contributed by atoms with E-state index in [4.69, 9.17) is 41.2 Å². The molecule has 1 unspecified atom stereocenters. The Kier molecular flexibility index (Phi) is 12.4. The first-order valence-electron chi connectivity index (χ1n) is 7.99. The van der Waals surface area contributed by atoms with E-state index in [-0.39, 0.29) is 16.5 Å². The molecule has 0 fully saturated rings. The lowest BCUT2D eigenvalue weighted by Crippen LogP contribution is -3.00. The summed E-state index contributed by atoms with van der Waals surface area (Å²) >= 11 is 21.3. The Morgan fingerprint density at radius 2 is 1.54 bits per heavy atom. The van der Waals surface area contributed by atoms with Crippen LogP contribution in [0.2, 0.25) is 15.1 Å². The zero-order chi connectivity index (χ0) is 17.5. The summed E-state index contributed by atoms with van der Waals surface area (Å²) in [5.74, 6) is 2.94. The fourth-order valence-corrected chi connectivity index (χ4v) is 4.41. The van der Waals surface area contributed by atoms with Crippen LogP contribution < -0.4 is 12.4 Å². The number of rotatable bonds is 9. The summed E-state index contributed by atoms with van der Waals surface area (Å²) in [5, 5.41) is 1.81. The minimum atomic E-state index is 0. The number of terminal acetylenes is 1. The van der Waals surface area contributed by atoms with Crippen LogP contribution in [0.25, 0.3) is 0 Å². The third-order valence-corrected chi connectivity index (χ3v) is 6.55. The van der Waals surface area contributed by atoms with Gasteiger partial charge in [-0.15, -0.1) is 6.42 Å². The maximum Gasteiger partial charge on any atom is 0.200 e. The van der Waals surface area contributed by atoms with Crippen molar-refractivity contribution < 1.29 is 16.9 Å². The van der Waals surface area contributed by atoms with E-state index in [2.05, 4.69) is 42.4 Å². The molecule has 0 saturated carbocycles. The van der Waals surface area contributed by atoms with E-state index < -0.39 is 0 Å². The molecule has 0 aromatic heterocycles. The van der Waals surface area contributed by atoms with Gasteiger partial charge in [0.25, 0.3) is 0 Å². The first-order valence-corrected chi connectivity index (χ1v) is 10.4. The van der Waals surface area contributed by atoms with Crippen molar-refractivity contribution in [3.8, 4) is 12.3 Å². The summed E-state index contributed by atoms with van der Waals surface area (Å²) in [6, 6.07) is 3.52. The van der Waals surface area contributed by atoms with Crippen LogP contribution in [0.5, 0.6) is 0 Å². The molecule has 0 aliphatic rings. The Morgan fingerprint density at radius 1 is 1.08 bits per heavy atom. The van der Waals surface area contributed by atoms with Crippen molar-refractivity contribution in [2.75, 3.05) is 13.1 Å². The molecule has 24 heavy (non-hydrogen) atoms. The van der Waals surface area contributed by atoms with Crippen molar-refractivity contribution in [1.29, 1.82) is 0 Å². The van der Waals surface area contributed by atoms with E-state index in [0.29, 0.717) is 15.1 Å². The Morgan fingerprint density at radius 3 is 1.92 bits per heavy atom. The molecule has 1 nitrogen and oxygen atoms in total. The second kappa shape index (κ2) is 12.1. The monoisotopic (exact) mass is 521 g/mol. The van der Waals surface area contributed by atoms with Gasteiger partial charge in [-0.2, -0.15) is 0 Å². The van der Waals surface area contributed by atoms with Crippen LogP contribution in [0, 0.1) is 12.3 Å². The number of hydrogen-bond acceptors (Lipinski definition) is 0. The van der Waals surface area contributed by atoms with E-state index >= 15 is 0 Å². The van der Waals surface area contributed by atoms with Gasteiger partial charge >= 0.3 is 0 Å². The first kappa shape index (κ1) is 24.6. The van der Waals surface area contributed by atoms with Gasteiger partial charge in [-0.1, -0.05) is 61.5 Å². The standard InChI is InChI=1S/C18H24Cl3IN.ClH/c1-4-7-9-23(10-8-5-2,18(22)6-3)13-15-16(20)11-14(19)12-17(15)21;/h3,11-12,18H,4-5,7-10,13H2,1-2H3;1H/q+1;/p-1. The van der Waals surface area contributed by atoms with Crippen molar-refractivity contribution >= 4 is 57.4 Å². The molecule has 1 atom stereocenters. The van der Waals surface area contributed by atoms with Gasteiger partial charge in [0.1, 0.15) is 6.54 Å². The highest BCUT2D eigenvalue weighted by molar-refractivity contribution is 14.1. The normalized spacial score (nSPS) is 12.4. The second-order valence-electron chi connectivity index (χ2n) is 5.88. The average molecular weight is 523 g/mol. The van der Waals surface area contributed by atoms with E-state index in [1.54, 1.807) is 12.1 Å². The highest BCUT2D eigenvalue weighted by atomic mass is 127. The van der Waals surface area contributed by atoms with Crippen molar-refractivity contribution in [3.63, 3.8) is 0 Å². The highest BCUT2D eigenvalue weighted by Gasteiger charge is 2.34. The van der Waals surface area contributed by atoms with Gasteiger partial charge in [-0.3, -0.25) is 4.48 Å². The second-order valence-corrected chi connectivity index (χ2v) is 8.31. The molecule has 136 valence electrons. The van der Waals surface area contributed by atoms with Crippen molar-refractivity contribution in [3.05, 3.63) is 32.8 Å². The van der Waals surface area contributed by atoms with Gasteiger partial charge < -0.3 is 12.4 Å². The number of halogens is 5. The first-order chi connectivity index (χ1) is 10.9. The molecule has 0 bridgehead atoms. The zero-order valence-corrected chi connectivity index (χ0v) is 19.3. The predicted octanol–water partition coefficient (Wildman–Crippen LogP) is 3.96. The summed E-state index contributed by atoms with van der Waals surface area (Å²) in [4.78, 5) is 0. The highest BCUT2D eigenvalue weighted by Crippen LogP contribution is 2.34. The molecular weight excluding hydrogens is 499 g/mol. The lowest BCUT2D eigenvalue weighted by molar-refractivity contribution is -0.940. The molecule has 0 spiro atoms. The third kappa shape index (κ3) is 6.74. The van der Waals surface area contributed by atoms with E-state index in [1.807, 2.05) is 0 Å². The minimum Gasteiger partial charge on any atom is -1.00 e. The van der Waals surface area contributed by atoms with Crippen LogP contribution in [-0.2, 0) is 6.54 Å². The number of quaternary nitrogens is 1. The SMILES string of the molecule is C#CC(I)[N+](CCCC)(CCCC)Cc1c(Cl)cc(Cl)cc1Cl.[Cl-]. The summed E-state index contributed by atoms with van der Waals surface area (Å²) in [7, 11) is 0. The molecule has 6 heteroatoms. The molecule has 0 aliphatic carbocycles. The molecular formula is C18H24Cl4IN. The topological polar surface area (TPSA) is 0 Å². The molecule has 0 amide bonds. The van der Waals surface area contributed by atoms with Crippen LogP contribution in [0.15, 0.2) is 12.1 Å². The Hall–Kier alpha value is 0.630. The van der Waals surface area contributed by atoms with Gasteiger partial charge in [-0.25, -0.2) is 0 Å². The van der Waals surface area contributed by atoms with Gasteiger partial charge in [0, 0.05) is 33.2 Å².